The molecule has 62 heavy (non-hydrogen) atoms. The molecular weight excluding hydrogens is 813 g/mol. The molecule has 0 bridgehead atoms. The normalized spacial score (nSPS) is 23.3. The third kappa shape index (κ3) is 29.1. The van der Waals surface area contributed by atoms with E-state index in [1.54, 1.807) is 6.08 Å². The maximum atomic E-state index is 13.0. The topological polar surface area (TPSA) is 226 Å². The number of nitrogens with one attached hydrogen (secondary N) is 1. The van der Waals surface area contributed by atoms with Crippen LogP contribution >= 0.6 is 7.82 Å². The molecule has 9 N–H and O–H groups in total. The first-order valence-electron chi connectivity index (χ1n) is 24.5. The third-order valence-electron chi connectivity index (χ3n) is 11.7. The molecule has 1 saturated carbocycles. The van der Waals surface area contributed by atoms with Crippen molar-refractivity contribution < 1.29 is 59.0 Å². The predicted octanol–water partition coefficient (Wildman–Crippen LogP) is 8.53. The SMILES string of the molecule is CCCCC/C=C/CC/C=C/CC/C=C/C(O)C(COP(=O)(O)OC1C(O)C(O)C(O)C(O)C1O)NC(=O)CC(O)CCCCCCCCCCCCCCCCCCCCC. The molecule has 8 unspecified atom stereocenters. The van der Waals surface area contributed by atoms with E-state index in [1.807, 2.05) is 6.08 Å². The largest absolute Gasteiger partial charge is 0.472 e. The molecule has 8 atom stereocenters. The number of carbonyl (C=O) groups excluding carboxylic acids is 1. The number of hydrogen-bond donors (Lipinski definition) is 9. The van der Waals surface area contributed by atoms with Gasteiger partial charge in [0, 0.05) is 0 Å². The molecule has 1 rings (SSSR count). The monoisotopic (exact) mass is 904 g/mol. The van der Waals surface area contributed by atoms with E-state index < -0.39 is 75.2 Å². The van der Waals surface area contributed by atoms with E-state index in [0.717, 1.165) is 44.9 Å². The highest BCUT2D eigenvalue weighted by Gasteiger charge is 2.51. The highest BCUT2D eigenvalue weighted by molar-refractivity contribution is 7.47. The number of hydrogen-bond acceptors (Lipinski definition) is 11. The van der Waals surface area contributed by atoms with Gasteiger partial charge in [-0.15, -0.1) is 0 Å². The summed E-state index contributed by atoms with van der Waals surface area (Å²) in [6.45, 7) is 3.70. The van der Waals surface area contributed by atoms with Crippen LogP contribution in [-0.2, 0) is 18.4 Å². The quantitative estimate of drug-likeness (QED) is 0.0160. The summed E-state index contributed by atoms with van der Waals surface area (Å²) < 4.78 is 22.8. The fraction of sp³-hybridized carbons (Fsp3) is 0.854. The Bertz CT molecular complexity index is 1200. The number of phosphoric acid groups is 1. The summed E-state index contributed by atoms with van der Waals surface area (Å²) in [5.41, 5.74) is 0. The average molecular weight is 904 g/mol. The lowest BCUT2D eigenvalue weighted by Gasteiger charge is -2.41. The van der Waals surface area contributed by atoms with Gasteiger partial charge in [0.15, 0.2) is 0 Å². The molecule has 0 saturated heterocycles. The van der Waals surface area contributed by atoms with Crippen LogP contribution in [0.25, 0.3) is 0 Å². The molecule has 0 aromatic rings. The molecule has 0 heterocycles. The Morgan fingerprint density at radius 3 is 1.42 bits per heavy atom. The Balaban J connectivity index is 2.50. The van der Waals surface area contributed by atoms with Gasteiger partial charge in [-0.3, -0.25) is 13.8 Å². The summed E-state index contributed by atoms with van der Waals surface area (Å²) in [4.78, 5) is 23.4. The van der Waals surface area contributed by atoms with Crippen molar-refractivity contribution >= 4 is 13.7 Å². The lowest BCUT2D eigenvalue weighted by atomic mass is 9.85. The minimum Gasteiger partial charge on any atom is -0.393 e. The number of unbranched alkanes of at least 4 members (excludes halogenated alkanes) is 23. The van der Waals surface area contributed by atoms with Crippen LogP contribution in [0.5, 0.6) is 0 Å². The van der Waals surface area contributed by atoms with Gasteiger partial charge in [-0.25, -0.2) is 4.57 Å². The number of aliphatic hydroxyl groups excluding tert-OH is 7. The van der Waals surface area contributed by atoms with Gasteiger partial charge in [0.05, 0.1) is 31.3 Å². The van der Waals surface area contributed by atoms with E-state index in [4.69, 9.17) is 9.05 Å². The molecule has 0 aromatic heterocycles. The lowest BCUT2D eigenvalue weighted by Crippen LogP contribution is -2.64. The van der Waals surface area contributed by atoms with Crippen LogP contribution in [0.2, 0.25) is 0 Å². The van der Waals surface area contributed by atoms with Gasteiger partial charge >= 0.3 is 7.82 Å². The van der Waals surface area contributed by atoms with Gasteiger partial charge in [0.2, 0.25) is 5.91 Å². The summed E-state index contributed by atoms with van der Waals surface area (Å²) in [6.07, 6.45) is 29.6. The Labute approximate surface area is 375 Å². The van der Waals surface area contributed by atoms with Gasteiger partial charge in [-0.1, -0.05) is 185 Å². The first-order chi connectivity index (χ1) is 29.8. The second kappa shape index (κ2) is 37.7. The Morgan fingerprint density at radius 2 is 0.952 bits per heavy atom. The highest BCUT2D eigenvalue weighted by atomic mass is 31.2. The summed E-state index contributed by atoms with van der Waals surface area (Å²) in [5.74, 6) is -0.606. The van der Waals surface area contributed by atoms with Crippen molar-refractivity contribution in [2.75, 3.05) is 6.61 Å². The standard InChI is InChI=1S/C48H90NO12P/c1-3-5-7-9-11-13-15-17-18-19-20-21-22-24-25-27-29-31-33-35-39(50)37-42(52)49-40(41(51)36-34-32-30-28-26-23-16-14-12-10-8-6-4-2)38-60-62(58,59)61-48-46(56)44(54)43(53)45(55)47(48)57/h12,14,26,28,34,36,39-41,43-48,50-51,53-57H,3-11,13,15-25,27,29-33,35,37-38H2,1-2H3,(H,49,52)(H,58,59)/b14-12+,28-26+,36-34+. The molecule has 13 nitrogen and oxygen atoms in total. The van der Waals surface area contributed by atoms with Crippen molar-refractivity contribution in [1.29, 1.82) is 0 Å². The van der Waals surface area contributed by atoms with E-state index in [1.165, 1.54) is 122 Å². The first-order valence-corrected chi connectivity index (χ1v) is 26.0. The summed E-state index contributed by atoms with van der Waals surface area (Å²) >= 11 is 0. The number of carbonyl (C=O) groups is 1. The molecule has 0 aliphatic heterocycles. The molecule has 0 radical (unpaired) electrons. The number of rotatable bonds is 40. The summed E-state index contributed by atoms with van der Waals surface area (Å²) in [5, 5.41) is 74.5. The van der Waals surface area contributed by atoms with E-state index in [-0.39, 0.29) is 6.42 Å². The number of phosphoric ester groups is 1. The third-order valence-corrected chi connectivity index (χ3v) is 12.7. The molecule has 1 aliphatic rings. The summed E-state index contributed by atoms with van der Waals surface area (Å²) in [7, 11) is -5.15. The Kier molecular flexibility index (Phi) is 35.6. The van der Waals surface area contributed by atoms with E-state index in [2.05, 4.69) is 37.4 Å². The maximum Gasteiger partial charge on any atom is 0.472 e. The Hall–Kier alpha value is -1.48. The van der Waals surface area contributed by atoms with Crippen molar-refractivity contribution in [3.63, 3.8) is 0 Å². The molecule has 1 fully saturated rings. The molecular formula is C48H90NO12P. The number of amides is 1. The van der Waals surface area contributed by atoms with Crippen LogP contribution in [0.1, 0.15) is 200 Å². The zero-order chi connectivity index (χ0) is 45.9. The van der Waals surface area contributed by atoms with E-state index >= 15 is 0 Å². The summed E-state index contributed by atoms with van der Waals surface area (Å²) in [6, 6.07) is -1.26. The molecule has 1 amide bonds. The van der Waals surface area contributed by atoms with E-state index in [9.17, 15) is 50.0 Å². The predicted molar refractivity (Wildman–Crippen MR) is 247 cm³/mol. The van der Waals surface area contributed by atoms with Crippen LogP contribution in [0.4, 0.5) is 0 Å². The smallest absolute Gasteiger partial charge is 0.393 e. The molecule has 0 spiro atoms. The van der Waals surface area contributed by atoms with Gasteiger partial charge in [0.25, 0.3) is 0 Å². The van der Waals surface area contributed by atoms with Gasteiger partial charge < -0.3 is 46.0 Å². The zero-order valence-corrected chi connectivity index (χ0v) is 39.4. The Morgan fingerprint density at radius 1 is 0.565 bits per heavy atom. The zero-order valence-electron chi connectivity index (χ0n) is 38.5. The lowest BCUT2D eigenvalue weighted by molar-refractivity contribution is -0.220. The van der Waals surface area contributed by atoms with E-state index in [0.29, 0.717) is 19.3 Å². The fourth-order valence-corrected chi connectivity index (χ4v) is 8.65. The van der Waals surface area contributed by atoms with Crippen LogP contribution < -0.4 is 5.32 Å². The maximum absolute atomic E-state index is 13.0. The molecule has 0 aromatic carbocycles. The van der Waals surface area contributed by atoms with Crippen molar-refractivity contribution in [2.45, 2.75) is 255 Å². The second-order valence-electron chi connectivity index (χ2n) is 17.5. The van der Waals surface area contributed by atoms with Crippen LogP contribution in [-0.4, -0.2) is 108 Å². The van der Waals surface area contributed by atoms with Crippen molar-refractivity contribution in [3.05, 3.63) is 36.5 Å². The van der Waals surface area contributed by atoms with Crippen LogP contribution in [0.3, 0.4) is 0 Å². The van der Waals surface area contributed by atoms with Crippen molar-refractivity contribution in [2.24, 2.45) is 0 Å². The van der Waals surface area contributed by atoms with Gasteiger partial charge in [-0.2, -0.15) is 0 Å². The number of aliphatic hydroxyl groups is 7. The molecule has 1 aliphatic carbocycles. The second-order valence-corrected chi connectivity index (χ2v) is 18.9. The van der Waals surface area contributed by atoms with Gasteiger partial charge in [0.1, 0.15) is 36.6 Å². The van der Waals surface area contributed by atoms with Crippen LogP contribution in [0.15, 0.2) is 36.5 Å². The highest BCUT2D eigenvalue weighted by Crippen LogP contribution is 2.47. The molecule has 364 valence electrons. The average Bonchev–Trinajstić information content (AvgIpc) is 3.24. The minimum absolute atomic E-state index is 0.253. The molecule has 14 heteroatoms. The van der Waals surface area contributed by atoms with Crippen LogP contribution in [0, 0.1) is 0 Å². The van der Waals surface area contributed by atoms with Crippen molar-refractivity contribution in [1.82, 2.24) is 5.32 Å². The van der Waals surface area contributed by atoms with Crippen molar-refractivity contribution in [3.8, 4) is 0 Å². The first kappa shape index (κ1) is 58.5. The fourth-order valence-electron chi connectivity index (χ4n) is 7.68. The number of allylic oxidation sites excluding steroid dienone is 5. The minimum atomic E-state index is -5.15. The van der Waals surface area contributed by atoms with Gasteiger partial charge in [-0.05, 0) is 44.9 Å².